The number of halogens is 2. The van der Waals surface area contributed by atoms with Gasteiger partial charge in [0.2, 0.25) is 0 Å². The Morgan fingerprint density at radius 3 is 2.67 bits per heavy atom. The van der Waals surface area contributed by atoms with E-state index in [1.54, 1.807) is 11.8 Å². The third kappa shape index (κ3) is 5.83. The van der Waals surface area contributed by atoms with Gasteiger partial charge in [-0.15, -0.1) is 12.4 Å². The molecule has 0 saturated carbocycles. The van der Waals surface area contributed by atoms with E-state index in [-0.39, 0.29) is 42.2 Å². The standard InChI is InChI=1S/C22H27FN2O4.ClH/c1-3-25(11-12-28-18-8-6-17(23)7-9-18)21(26)20-15(2)13-19(29-22(20)27)16-5-4-10-24-14-16;/h6-9,13,16,24H,3-5,10-12,14H2,1-2H3;1H. The molecule has 1 aromatic carbocycles. The maximum atomic E-state index is 13.0. The van der Waals surface area contributed by atoms with Gasteiger partial charge in [0.05, 0.1) is 6.54 Å². The summed E-state index contributed by atoms with van der Waals surface area (Å²) in [5, 5.41) is 3.30. The van der Waals surface area contributed by atoms with Crippen LogP contribution in [0.1, 0.15) is 47.4 Å². The molecule has 30 heavy (non-hydrogen) atoms. The second-order valence-electron chi connectivity index (χ2n) is 7.22. The van der Waals surface area contributed by atoms with E-state index in [9.17, 15) is 14.0 Å². The van der Waals surface area contributed by atoms with Gasteiger partial charge in [-0.25, -0.2) is 9.18 Å². The van der Waals surface area contributed by atoms with Gasteiger partial charge in [-0.05, 0) is 69.1 Å². The molecule has 8 heteroatoms. The summed E-state index contributed by atoms with van der Waals surface area (Å²) in [6.45, 7) is 6.33. The number of ether oxygens (including phenoxy) is 1. The zero-order valence-corrected chi connectivity index (χ0v) is 18.1. The van der Waals surface area contributed by atoms with Crippen LogP contribution in [0, 0.1) is 12.7 Å². The molecule has 1 N–H and O–H groups in total. The lowest BCUT2D eigenvalue weighted by Gasteiger charge is -2.23. The van der Waals surface area contributed by atoms with Crippen LogP contribution in [0.5, 0.6) is 5.75 Å². The van der Waals surface area contributed by atoms with Gasteiger partial charge in [0.1, 0.15) is 29.5 Å². The van der Waals surface area contributed by atoms with E-state index >= 15 is 0 Å². The van der Waals surface area contributed by atoms with E-state index in [2.05, 4.69) is 5.32 Å². The lowest BCUT2D eigenvalue weighted by Crippen LogP contribution is -2.37. The van der Waals surface area contributed by atoms with Gasteiger partial charge < -0.3 is 19.4 Å². The molecule has 1 amide bonds. The number of carbonyl (C=O) groups excluding carboxylic acids is 1. The van der Waals surface area contributed by atoms with Crippen molar-refractivity contribution in [3.63, 3.8) is 0 Å². The number of likely N-dealkylation sites (N-methyl/N-ethyl adjacent to an activating group) is 1. The zero-order valence-electron chi connectivity index (χ0n) is 17.3. The van der Waals surface area contributed by atoms with Gasteiger partial charge in [0.25, 0.3) is 5.91 Å². The summed E-state index contributed by atoms with van der Waals surface area (Å²) < 4.78 is 24.0. The van der Waals surface area contributed by atoms with Crippen molar-refractivity contribution in [2.75, 3.05) is 32.8 Å². The van der Waals surface area contributed by atoms with Crippen LogP contribution in [0.25, 0.3) is 0 Å². The molecule has 0 bridgehead atoms. The number of amides is 1. The van der Waals surface area contributed by atoms with Crippen LogP contribution in [-0.4, -0.2) is 43.6 Å². The zero-order chi connectivity index (χ0) is 20.8. The van der Waals surface area contributed by atoms with E-state index in [1.165, 1.54) is 24.3 Å². The highest BCUT2D eigenvalue weighted by Gasteiger charge is 2.25. The molecular weight excluding hydrogens is 411 g/mol. The van der Waals surface area contributed by atoms with Gasteiger partial charge in [-0.3, -0.25) is 4.79 Å². The Morgan fingerprint density at radius 2 is 2.07 bits per heavy atom. The molecular formula is C22H28ClFN2O4. The van der Waals surface area contributed by atoms with Crippen molar-refractivity contribution >= 4 is 18.3 Å². The molecule has 2 aromatic rings. The highest BCUT2D eigenvalue weighted by molar-refractivity contribution is 5.95. The van der Waals surface area contributed by atoms with Crippen LogP contribution < -0.4 is 15.7 Å². The molecule has 0 radical (unpaired) electrons. The average Bonchev–Trinajstić information content (AvgIpc) is 2.72. The number of rotatable bonds is 7. The number of nitrogens with zero attached hydrogens (tertiary/aromatic N) is 1. The maximum Gasteiger partial charge on any atom is 0.349 e. The molecule has 6 nitrogen and oxygen atoms in total. The summed E-state index contributed by atoms with van der Waals surface area (Å²) >= 11 is 0. The first-order valence-electron chi connectivity index (χ1n) is 10.0. The van der Waals surface area contributed by atoms with E-state index in [0.717, 1.165) is 25.9 Å². The van der Waals surface area contributed by atoms with Gasteiger partial charge in [-0.2, -0.15) is 0 Å². The molecule has 0 aliphatic carbocycles. The summed E-state index contributed by atoms with van der Waals surface area (Å²) in [7, 11) is 0. The van der Waals surface area contributed by atoms with E-state index < -0.39 is 5.63 Å². The quantitative estimate of drug-likeness (QED) is 0.716. The Kier molecular flexibility index (Phi) is 8.87. The fraction of sp³-hybridized carbons (Fsp3) is 0.455. The number of carbonyl (C=O) groups is 1. The lowest BCUT2D eigenvalue weighted by molar-refractivity contribution is 0.0733. The van der Waals surface area contributed by atoms with Crippen molar-refractivity contribution in [1.29, 1.82) is 0 Å². The summed E-state index contributed by atoms with van der Waals surface area (Å²) in [4.78, 5) is 27.1. The number of hydrogen-bond acceptors (Lipinski definition) is 5. The Bertz CT molecular complexity index is 895. The Labute approximate surface area is 181 Å². The molecule has 3 rings (SSSR count). The predicted molar refractivity (Wildman–Crippen MR) is 115 cm³/mol. The molecule has 1 fully saturated rings. The van der Waals surface area contributed by atoms with Gasteiger partial charge in [0, 0.05) is 19.0 Å². The van der Waals surface area contributed by atoms with Crippen molar-refractivity contribution in [2.45, 2.75) is 32.6 Å². The molecule has 1 aliphatic heterocycles. The van der Waals surface area contributed by atoms with E-state index in [0.29, 0.717) is 30.2 Å². The first-order valence-corrected chi connectivity index (χ1v) is 10.0. The van der Waals surface area contributed by atoms with Crippen LogP contribution in [0.4, 0.5) is 4.39 Å². The maximum absolute atomic E-state index is 13.0. The van der Waals surface area contributed by atoms with Crippen LogP contribution in [0.2, 0.25) is 0 Å². The molecule has 1 aromatic heterocycles. The largest absolute Gasteiger partial charge is 0.492 e. The Balaban J connectivity index is 0.00000320. The van der Waals surface area contributed by atoms with Crippen molar-refractivity contribution in [3.05, 3.63) is 63.5 Å². The van der Waals surface area contributed by atoms with Gasteiger partial charge in [0.15, 0.2) is 0 Å². The van der Waals surface area contributed by atoms with E-state index in [4.69, 9.17) is 9.15 Å². The molecule has 1 atom stereocenters. The number of nitrogens with one attached hydrogen (secondary N) is 1. The molecule has 1 aliphatic rings. The number of benzene rings is 1. The number of aryl methyl sites for hydroxylation is 1. The molecule has 2 heterocycles. The van der Waals surface area contributed by atoms with Crippen LogP contribution in [-0.2, 0) is 0 Å². The first-order chi connectivity index (χ1) is 14.0. The molecule has 1 unspecified atom stereocenters. The molecule has 164 valence electrons. The smallest absolute Gasteiger partial charge is 0.349 e. The third-order valence-electron chi connectivity index (χ3n) is 5.19. The summed E-state index contributed by atoms with van der Waals surface area (Å²) in [5.74, 6) is 0.618. The molecule has 1 saturated heterocycles. The minimum absolute atomic E-state index is 0. The fourth-order valence-electron chi connectivity index (χ4n) is 3.55. The lowest BCUT2D eigenvalue weighted by atomic mass is 9.95. The number of hydrogen-bond donors (Lipinski definition) is 1. The highest BCUT2D eigenvalue weighted by Crippen LogP contribution is 2.24. The van der Waals surface area contributed by atoms with Crippen LogP contribution in [0.3, 0.4) is 0 Å². The van der Waals surface area contributed by atoms with Crippen molar-refractivity contribution in [1.82, 2.24) is 10.2 Å². The average molecular weight is 439 g/mol. The normalized spacial score (nSPS) is 15.9. The SMILES string of the molecule is CCN(CCOc1ccc(F)cc1)C(=O)c1c(C)cc(C2CCCNC2)oc1=O.Cl. The van der Waals surface area contributed by atoms with Gasteiger partial charge >= 0.3 is 5.63 Å². The first kappa shape index (κ1) is 23.9. The van der Waals surface area contributed by atoms with Crippen LogP contribution >= 0.6 is 12.4 Å². The van der Waals surface area contributed by atoms with Gasteiger partial charge in [-0.1, -0.05) is 0 Å². The van der Waals surface area contributed by atoms with Crippen molar-refractivity contribution < 1.29 is 18.3 Å². The topological polar surface area (TPSA) is 71.8 Å². The van der Waals surface area contributed by atoms with E-state index in [1.807, 2.05) is 13.0 Å². The van der Waals surface area contributed by atoms with Crippen molar-refractivity contribution in [2.24, 2.45) is 0 Å². The third-order valence-corrected chi connectivity index (χ3v) is 5.19. The van der Waals surface area contributed by atoms with Crippen LogP contribution in [0.15, 0.2) is 39.5 Å². The summed E-state index contributed by atoms with van der Waals surface area (Å²) in [6.07, 6.45) is 2.00. The monoisotopic (exact) mass is 438 g/mol. The minimum Gasteiger partial charge on any atom is -0.492 e. The second-order valence-corrected chi connectivity index (χ2v) is 7.22. The Hall–Kier alpha value is -2.38. The highest BCUT2D eigenvalue weighted by atomic mass is 35.5. The van der Waals surface area contributed by atoms with Crippen molar-refractivity contribution in [3.8, 4) is 5.75 Å². The second kappa shape index (κ2) is 11.1. The predicted octanol–water partition coefficient (Wildman–Crippen LogP) is 3.52. The summed E-state index contributed by atoms with van der Waals surface area (Å²) in [5.41, 5.74) is 0.111. The minimum atomic E-state index is -0.589. The fourth-order valence-corrected chi connectivity index (χ4v) is 3.55. The Morgan fingerprint density at radius 1 is 1.33 bits per heavy atom. The molecule has 0 spiro atoms. The number of piperidine rings is 1. The summed E-state index contributed by atoms with van der Waals surface area (Å²) in [6, 6.07) is 7.51.